The van der Waals surface area contributed by atoms with Gasteiger partial charge in [0.25, 0.3) is 0 Å². The molecule has 0 atom stereocenters. The summed E-state index contributed by atoms with van der Waals surface area (Å²) in [5.41, 5.74) is 0. The zero-order valence-corrected chi connectivity index (χ0v) is 20.4. The minimum Gasteiger partial charge on any atom is -0.357 e. The molecule has 8 heteroatoms. The molecule has 0 amide bonds. The highest BCUT2D eigenvalue weighted by molar-refractivity contribution is 14.0. The van der Waals surface area contributed by atoms with E-state index in [-0.39, 0.29) is 24.0 Å². The summed E-state index contributed by atoms with van der Waals surface area (Å²) >= 11 is 0. The highest BCUT2D eigenvalue weighted by atomic mass is 127. The lowest BCUT2D eigenvalue weighted by atomic mass is 9.99. The Morgan fingerprint density at radius 3 is 2.64 bits per heavy atom. The molecule has 1 saturated heterocycles. The number of nitrogens with zero attached hydrogens (tertiary/aromatic N) is 4. The van der Waals surface area contributed by atoms with E-state index in [0.29, 0.717) is 11.8 Å². The number of halogens is 1. The number of nitrogens with one attached hydrogen (secondary N) is 2. The topological polar surface area (TPSA) is 78.6 Å². The molecule has 1 aliphatic heterocycles. The maximum Gasteiger partial charge on any atom is 0.226 e. The zero-order valence-electron chi connectivity index (χ0n) is 18.0. The minimum absolute atomic E-state index is 0. The predicted octanol–water partition coefficient (Wildman–Crippen LogP) is 3.42. The summed E-state index contributed by atoms with van der Waals surface area (Å²) in [5, 5.41) is 10.8. The van der Waals surface area contributed by atoms with E-state index in [1.165, 1.54) is 32.5 Å². The van der Waals surface area contributed by atoms with Gasteiger partial charge >= 0.3 is 0 Å². The summed E-state index contributed by atoms with van der Waals surface area (Å²) in [6, 6.07) is 0. The molecule has 0 saturated carbocycles. The van der Waals surface area contributed by atoms with Gasteiger partial charge in [0.1, 0.15) is 0 Å². The smallest absolute Gasteiger partial charge is 0.226 e. The Kier molecular flexibility index (Phi) is 12.7. The molecule has 162 valence electrons. The molecule has 7 nitrogen and oxygen atoms in total. The van der Waals surface area contributed by atoms with Crippen molar-refractivity contribution in [1.29, 1.82) is 0 Å². The van der Waals surface area contributed by atoms with Gasteiger partial charge in [0.15, 0.2) is 11.8 Å². The Hall–Kier alpha value is -0.900. The SMILES string of the molecule is CCNC(=NCCCc1nc(C(C)C)no1)NCCCN1CCC(C)CC1.I. The molecule has 0 bridgehead atoms. The molecule has 2 heterocycles. The summed E-state index contributed by atoms with van der Waals surface area (Å²) in [7, 11) is 0. The van der Waals surface area contributed by atoms with Gasteiger partial charge in [-0.1, -0.05) is 25.9 Å². The lowest BCUT2D eigenvalue weighted by Crippen LogP contribution is -2.39. The van der Waals surface area contributed by atoms with Crippen LogP contribution in [0.4, 0.5) is 0 Å². The van der Waals surface area contributed by atoms with Crippen molar-refractivity contribution < 1.29 is 4.52 Å². The van der Waals surface area contributed by atoms with Gasteiger partial charge in [-0.2, -0.15) is 4.98 Å². The largest absolute Gasteiger partial charge is 0.357 e. The lowest BCUT2D eigenvalue weighted by molar-refractivity contribution is 0.191. The average Bonchev–Trinajstić information content (AvgIpc) is 3.13. The van der Waals surface area contributed by atoms with E-state index in [1.54, 1.807) is 0 Å². The predicted molar refractivity (Wildman–Crippen MR) is 126 cm³/mol. The molecule has 28 heavy (non-hydrogen) atoms. The second kappa shape index (κ2) is 14.1. The van der Waals surface area contributed by atoms with Crippen molar-refractivity contribution in [2.45, 2.75) is 65.7 Å². The second-order valence-electron chi connectivity index (χ2n) is 7.87. The summed E-state index contributed by atoms with van der Waals surface area (Å²) in [5.74, 6) is 3.60. The van der Waals surface area contributed by atoms with Crippen LogP contribution in [-0.4, -0.2) is 60.3 Å². The maximum absolute atomic E-state index is 5.28. The fraction of sp³-hybridized carbons (Fsp3) is 0.850. The number of aryl methyl sites for hydroxylation is 1. The Morgan fingerprint density at radius 1 is 1.25 bits per heavy atom. The van der Waals surface area contributed by atoms with Crippen molar-refractivity contribution in [2.75, 3.05) is 39.3 Å². The van der Waals surface area contributed by atoms with Gasteiger partial charge < -0.3 is 20.1 Å². The molecule has 0 aromatic carbocycles. The zero-order chi connectivity index (χ0) is 19.5. The molecule has 1 aliphatic rings. The minimum atomic E-state index is 0. The number of piperidine rings is 1. The van der Waals surface area contributed by atoms with Gasteiger partial charge in [0.05, 0.1) is 0 Å². The summed E-state index contributed by atoms with van der Waals surface area (Å²) < 4.78 is 5.28. The number of guanidine groups is 1. The fourth-order valence-electron chi connectivity index (χ4n) is 3.16. The van der Waals surface area contributed by atoms with Gasteiger partial charge in [-0.3, -0.25) is 4.99 Å². The Labute approximate surface area is 187 Å². The van der Waals surface area contributed by atoms with Crippen LogP contribution in [0.15, 0.2) is 9.52 Å². The molecule has 1 aromatic heterocycles. The third-order valence-corrected chi connectivity index (χ3v) is 4.98. The van der Waals surface area contributed by atoms with Crippen LogP contribution in [0, 0.1) is 5.92 Å². The van der Waals surface area contributed by atoms with E-state index in [2.05, 4.69) is 58.4 Å². The number of rotatable bonds is 10. The molecule has 1 fully saturated rings. The number of aliphatic imine (C=N–C) groups is 1. The number of hydrogen-bond donors (Lipinski definition) is 2. The van der Waals surface area contributed by atoms with Gasteiger partial charge in [0.2, 0.25) is 5.89 Å². The highest BCUT2D eigenvalue weighted by Crippen LogP contribution is 2.15. The first-order valence-corrected chi connectivity index (χ1v) is 10.7. The Bertz CT molecular complexity index is 555. The first-order chi connectivity index (χ1) is 13.1. The molecule has 2 rings (SSSR count). The third kappa shape index (κ3) is 9.54. The molecular weight excluding hydrogens is 467 g/mol. The van der Waals surface area contributed by atoms with Gasteiger partial charge in [-0.25, -0.2) is 0 Å². The van der Waals surface area contributed by atoms with Crippen LogP contribution in [0.25, 0.3) is 0 Å². The van der Waals surface area contributed by atoms with E-state index >= 15 is 0 Å². The molecule has 2 N–H and O–H groups in total. The van der Waals surface area contributed by atoms with Crippen LogP contribution in [0.3, 0.4) is 0 Å². The highest BCUT2D eigenvalue weighted by Gasteiger charge is 2.14. The molecule has 0 spiro atoms. The number of hydrogen-bond acceptors (Lipinski definition) is 5. The molecule has 0 radical (unpaired) electrons. The average molecular weight is 506 g/mol. The molecular formula is C20H39IN6O. The van der Waals surface area contributed by atoms with Gasteiger partial charge in [-0.05, 0) is 58.2 Å². The van der Waals surface area contributed by atoms with Gasteiger partial charge in [-0.15, -0.1) is 24.0 Å². The summed E-state index contributed by atoms with van der Waals surface area (Å²) in [6.07, 6.45) is 5.52. The van der Waals surface area contributed by atoms with Crippen LogP contribution in [0.5, 0.6) is 0 Å². The van der Waals surface area contributed by atoms with Crippen LogP contribution in [0.2, 0.25) is 0 Å². The first-order valence-electron chi connectivity index (χ1n) is 10.7. The van der Waals surface area contributed by atoms with Crippen molar-refractivity contribution in [3.63, 3.8) is 0 Å². The number of likely N-dealkylation sites (tertiary alicyclic amines) is 1. The molecule has 1 aromatic rings. The van der Waals surface area contributed by atoms with Crippen molar-refractivity contribution in [2.24, 2.45) is 10.9 Å². The standard InChI is InChI=1S/C20H38N6O.HI/c1-5-21-20(23-12-7-13-26-14-9-17(4)10-15-26)22-11-6-8-18-24-19(16(2)3)25-27-18;/h16-17H,5-15H2,1-4H3,(H2,21,22,23);1H. The van der Waals surface area contributed by atoms with E-state index in [1.807, 2.05) is 0 Å². The van der Waals surface area contributed by atoms with Crippen molar-refractivity contribution in [3.8, 4) is 0 Å². The van der Waals surface area contributed by atoms with Crippen LogP contribution >= 0.6 is 24.0 Å². The molecule has 0 aliphatic carbocycles. The Morgan fingerprint density at radius 2 is 2.00 bits per heavy atom. The van der Waals surface area contributed by atoms with Crippen LogP contribution in [0.1, 0.15) is 71.0 Å². The normalized spacial score (nSPS) is 16.2. The summed E-state index contributed by atoms with van der Waals surface area (Å²) in [4.78, 5) is 11.7. The van der Waals surface area contributed by atoms with E-state index in [0.717, 1.165) is 56.6 Å². The molecule has 0 unspecified atom stereocenters. The van der Waals surface area contributed by atoms with Crippen molar-refractivity contribution in [3.05, 3.63) is 11.7 Å². The van der Waals surface area contributed by atoms with E-state index in [9.17, 15) is 0 Å². The summed E-state index contributed by atoms with van der Waals surface area (Å²) in [6.45, 7) is 14.9. The van der Waals surface area contributed by atoms with Gasteiger partial charge in [0, 0.05) is 32.0 Å². The fourth-order valence-corrected chi connectivity index (χ4v) is 3.16. The maximum atomic E-state index is 5.28. The third-order valence-electron chi connectivity index (χ3n) is 4.98. The quantitative estimate of drug-likeness (QED) is 0.219. The van der Waals surface area contributed by atoms with Crippen molar-refractivity contribution >= 4 is 29.9 Å². The Balaban J connectivity index is 0.00000392. The lowest BCUT2D eigenvalue weighted by Gasteiger charge is -2.30. The second-order valence-corrected chi connectivity index (χ2v) is 7.87. The monoisotopic (exact) mass is 506 g/mol. The van der Waals surface area contributed by atoms with E-state index < -0.39 is 0 Å². The first kappa shape index (κ1) is 25.1. The van der Waals surface area contributed by atoms with E-state index in [4.69, 9.17) is 4.52 Å². The van der Waals surface area contributed by atoms with Crippen LogP contribution < -0.4 is 10.6 Å². The number of aromatic nitrogens is 2. The van der Waals surface area contributed by atoms with Crippen LogP contribution in [-0.2, 0) is 6.42 Å². The van der Waals surface area contributed by atoms with Crippen molar-refractivity contribution in [1.82, 2.24) is 25.7 Å².